The summed E-state index contributed by atoms with van der Waals surface area (Å²) in [5.41, 5.74) is 0. The van der Waals surface area contributed by atoms with Gasteiger partial charge in [0.2, 0.25) is 0 Å². The SMILES string of the molecule is CC[O][Ge]([Br])([Br])[Br]. The molecule has 0 fully saturated rings. The third kappa shape index (κ3) is 7.94. The Morgan fingerprint density at radius 1 is 1.43 bits per heavy atom. The third-order valence-electron chi connectivity index (χ3n) is 0.308. The van der Waals surface area contributed by atoms with E-state index in [4.69, 9.17) is 3.76 Å². The molecule has 0 saturated carbocycles. The van der Waals surface area contributed by atoms with E-state index in [0.29, 0.717) is 0 Å². The second-order valence-corrected chi connectivity index (χ2v) is 37.4. The molecule has 5 heteroatoms. The van der Waals surface area contributed by atoms with Crippen molar-refractivity contribution in [2.24, 2.45) is 0 Å². The number of rotatable bonds is 2. The second-order valence-electron chi connectivity index (χ2n) is 0.879. The average Bonchev–Trinajstić information content (AvgIpc) is 1.30. The summed E-state index contributed by atoms with van der Waals surface area (Å²) >= 11 is 10.0. The average molecular weight is 357 g/mol. The van der Waals surface area contributed by atoms with E-state index in [1.807, 2.05) is 6.92 Å². The zero-order valence-corrected chi connectivity index (χ0v) is 10.6. The Kier molecular flexibility index (Phi) is 4.95. The molecule has 0 aromatic heterocycles. The molecular weight excluding hydrogens is 352 g/mol. The molecule has 0 spiro atoms. The van der Waals surface area contributed by atoms with Gasteiger partial charge in [-0.25, -0.2) is 0 Å². The van der Waals surface area contributed by atoms with E-state index in [1.165, 1.54) is 0 Å². The molecule has 44 valence electrons. The standard InChI is InChI=1S/C2H5Br3GeO/c1-2-7-6(3,4)5/h2H2,1H3. The van der Waals surface area contributed by atoms with Gasteiger partial charge in [-0.15, -0.1) is 0 Å². The van der Waals surface area contributed by atoms with E-state index in [9.17, 15) is 0 Å². The molecule has 0 N–H and O–H groups in total. The van der Waals surface area contributed by atoms with Gasteiger partial charge in [0, 0.05) is 0 Å². The van der Waals surface area contributed by atoms with E-state index < -0.39 is 8.08 Å². The number of hydrogen-bond acceptors (Lipinski definition) is 1. The van der Waals surface area contributed by atoms with Crippen LogP contribution in [0.1, 0.15) is 6.92 Å². The molecule has 0 heterocycles. The molecule has 0 aromatic carbocycles. The van der Waals surface area contributed by atoms with Gasteiger partial charge < -0.3 is 0 Å². The van der Waals surface area contributed by atoms with Gasteiger partial charge in [0.25, 0.3) is 0 Å². The van der Waals surface area contributed by atoms with Gasteiger partial charge in [-0.1, -0.05) is 0 Å². The van der Waals surface area contributed by atoms with Gasteiger partial charge in [-0.05, 0) is 0 Å². The number of hydrogen-bond donors (Lipinski definition) is 0. The zero-order valence-electron chi connectivity index (χ0n) is 3.75. The molecule has 0 unspecified atom stereocenters. The Balaban J connectivity index is 3.15. The summed E-state index contributed by atoms with van der Waals surface area (Å²) in [4.78, 5) is 0. The maximum atomic E-state index is 5.17. The second kappa shape index (κ2) is 3.87. The van der Waals surface area contributed by atoms with Gasteiger partial charge in [0.05, 0.1) is 0 Å². The van der Waals surface area contributed by atoms with Gasteiger partial charge in [0.15, 0.2) is 0 Å². The molecule has 7 heavy (non-hydrogen) atoms. The van der Waals surface area contributed by atoms with Crippen molar-refractivity contribution in [3.8, 4) is 0 Å². The summed E-state index contributed by atoms with van der Waals surface area (Å²) in [6.45, 7) is 2.71. The number of halogens is 3. The molecule has 0 bridgehead atoms. The fourth-order valence-corrected chi connectivity index (χ4v) is 4.42. The zero-order chi connectivity index (χ0) is 5.91. The first kappa shape index (κ1) is 8.94. The molecule has 0 aliphatic carbocycles. The Morgan fingerprint density at radius 2 is 1.86 bits per heavy atom. The van der Waals surface area contributed by atoms with Crippen LogP contribution in [0.4, 0.5) is 0 Å². The Bertz CT molecular complexity index is 51.4. The summed E-state index contributed by atoms with van der Waals surface area (Å²) in [6, 6.07) is 0. The van der Waals surface area contributed by atoms with Gasteiger partial charge in [0.1, 0.15) is 0 Å². The maximum absolute atomic E-state index is 5.17. The monoisotopic (exact) mass is 356 g/mol. The fourth-order valence-electron chi connectivity index (χ4n) is 0.164. The topological polar surface area (TPSA) is 9.23 Å². The summed E-state index contributed by atoms with van der Waals surface area (Å²) in [7, 11) is -2.14. The van der Waals surface area contributed by atoms with Crippen LogP contribution in [-0.4, -0.2) is 14.7 Å². The van der Waals surface area contributed by atoms with Gasteiger partial charge in [-0.2, -0.15) is 0 Å². The van der Waals surface area contributed by atoms with E-state index in [1.54, 1.807) is 0 Å². The molecule has 0 rings (SSSR count). The van der Waals surface area contributed by atoms with Crippen molar-refractivity contribution in [1.29, 1.82) is 0 Å². The minimum atomic E-state index is -2.14. The molecule has 0 atom stereocenters. The van der Waals surface area contributed by atoms with Crippen molar-refractivity contribution in [2.45, 2.75) is 6.92 Å². The molecule has 0 aliphatic rings. The van der Waals surface area contributed by atoms with Gasteiger partial charge >= 0.3 is 67.4 Å². The minimum absolute atomic E-state index is 0.752. The normalized spacial score (nSPS) is 12.0. The molecule has 0 amide bonds. The first-order valence-electron chi connectivity index (χ1n) is 1.77. The van der Waals surface area contributed by atoms with Crippen molar-refractivity contribution in [3.63, 3.8) is 0 Å². The summed E-state index contributed by atoms with van der Waals surface area (Å²) < 4.78 is 5.17. The van der Waals surface area contributed by atoms with E-state index in [0.717, 1.165) is 6.61 Å². The van der Waals surface area contributed by atoms with E-state index in [-0.39, 0.29) is 0 Å². The molecule has 1 nitrogen and oxygen atoms in total. The fraction of sp³-hybridized carbons (Fsp3) is 1.00. The van der Waals surface area contributed by atoms with Crippen molar-refractivity contribution >= 4 is 50.1 Å². The Hall–Kier alpha value is 1.94. The van der Waals surface area contributed by atoms with Crippen LogP contribution >= 0.6 is 42.0 Å². The van der Waals surface area contributed by atoms with Crippen LogP contribution in [0, 0.1) is 0 Å². The molecule has 0 aromatic rings. The molecule has 0 radical (unpaired) electrons. The Morgan fingerprint density at radius 3 is 1.86 bits per heavy atom. The van der Waals surface area contributed by atoms with Crippen molar-refractivity contribution in [2.75, 3.05) is 6.61 Å². The van der Waals surface area contributed by atoms with Crippen LogP contribution in [0.15, 0.2) is 0 Å². The summed E-state index contributed by atoms with van der Waals surface area (Å²) in [5, 5.41) is 0. The van der Waals surface area contributed by atoms with Crippen molar-refractivity contribution in [3.05, 3.63) is 0 Å². The third-order valence-corrected chi connectivity index (χ3v) is 5.17. The van der Waals surface area contributed by atoms with Crippen LogP contribution < -0.4 is 0 Å². The van der Waals surface area contributed by atoms with Crippen LogP contribution in [-0.2, 0) is 3.76 Å². The van der Waals surface area contributed by atoms with Crippen LogP contribution in [0.3, 0.4) is 0 Å². The van der Waals surface area contributed by atoms with Crippen molar-refractivity contribution < 1.29 is 3.76 Å². The summed E-state index contributed by atoms with van der Waals surface area (Å²) in [6.07, 6.45) is 0. The molecular formula is C2H5Br3GeO. The van der Waals surface area contributed by atoms with E-state index >= 15 is 0 Å². The van der Waals surface area contributed by atoms with E-state index in [2.05, 4.69) is 42.0 Å². The van der Waals surface area contributed by atoms with Crippen LogP contribution in [0.2, 0.25) is 0 Å². The molecule has 0 aliphatic heterocycles. The first-order chi connectivity index (χ1) is 3.06. The van der Waals surface area contributed by atoms with Crippen LogP contribution in [0.5, 0.6) is 0 Å². The van der Waals surface area contributed by atoms with Crippen molar-refractivity contribution in [1.82, 2.24) is 0 Å². The van der Waals surface area contributed by atoms with Crippen LogP contribution in [0.25, 0.3) is 0 Å². The first-order valence-corrected chi connectivity index (χ1v) is 17.4. The predicted molar refractivity (Wildman–Crippen MR) is 44.2 cm³/mol. The Labute approximate surface area is 66.7 Å². The predicted octanol–water partition coefficient (Wildman–Crippen LogP) is 2.64. The summed E-state index contributed by atoms with van der Waals surface area (Å²) in [5.74, 6) is 0. The molecule has 0 saturated heterocycles. The van der Waals surface area contributed by atoms with Gasteiger partial charge in [-0.3, -0.25) is 0 Å². The quantitative estimate of drug-likeness (QED) is 0.691.